The maximum atomic E-state index is 12.6. The summed E-state index contributed by atoms with van der Waals surface area (Å²) in [4.78, 5) is 12.2. The lowest BCUT2D eigenvalue weighted by Gasteiger charge is -2.08. The van der Waals surface area contributed by atoms with E-state index in [-0.39, 0.29) is 16.6 Å². The quantitative estimate of drug-likeness (QED) is 0.251. The van der Waals surface area contributed by atoms with E-state index in [1.165, 1.54) is 24.4 Å². The van der Waals surface area contributed by atoms with Gasteiger partial charge in [-0.1, -0.05) is 30.3 Å². The minimum atomic E-state index is -3.98. The molecule has 0 saturated carbocycles. The van der Waals surface area contributed by atoms with Crippen LogP contribution in [0.3, 0.4) is 0 Å². The highest BCUT2D eigenvalue weighted by atomic mass is 32.2. The predicted octanol–water partition coefficient (Wildman–Crippen LogP) is 4.38. The zero-order valence-electron chi connectivity index (χ0n) is 17.6. The molecule has 0 aliphatic rings. The molecule has 4 aromatic rings. The van der Waals surface area contributed by atoms with Crippen LogP contribution in [0.4, 0.5) is 0 Å². The van der Waals surface area contributed by atoms with Crippen molar-refractivity contribution in [2.24, 2.45) is 5.10 Å². The first-order valence-electron chi connectivity index (χ1n) is 9.95. The molecule has 0 radical (unpaired) electrons. The summed E-state index contributed by atoms with van der Waals surface area (Å²) >= 11 is 0. The molecular weight excluding hydrogens is 440 g/mol. The van der Waals surface area contributed by atoms with Gasteiger partial charge in [0.25, 0.3) is 5.91 Å². The number of benzene rings is 4. The lowest BCUT2D eigenvalue weighted by atomic mass is 10.1. The molecule has 1 amide bonds. The number of hydrazone groups is 1. The van der Waals surface area contributed by atoms with Crippen LogP contribution in [0, 0.1) is 0 Å². The van der Waals surface area contributed by atoms with Gasteiger partial charge in [-0.05, 0) is 77.0 Å². The highest BCUT2D eigenvalue weighted by Crippen LogP contribution is 2.23. The van der Waals surface area contributed by atoms with E-state index in [0.29, 0.717) is 16.9 Å². The number of rotatable bonds is 7. The Hall–Kier alpha value is -4.17. The molecule has 8 heteroatoms. The van der Waals surface area contributed by atoms with Gasteiger partial charge in [-0.25, -0.2) is 5.43 Å². The van der Waals surface area contributed by atoms with E-state index in [1.54, 1.807) is 55.6 Å². The minimum absolute atomic E-state index is 0.0769. The molecule has 33 heavy (non-hydrogen) atoms. The van der Waals surface area contributed by atoms with Gasteiger partial charge in [-0.3, -0.25) is 4.79 Å². The van der Waals surface area contributed by atoms with E-state index in [4.69, 9.17) is 8.92 Å². The molecule has 7 nitrogen and oxygen atoms in total. The van der Waals surface area contributed by atoms with E-state index in [1.807, 2.05) is 24.3 Å². The van der Waals surface area contributed by atoms with Crippen LogP contribution in [0.5, 0.6) is 11.5 Å². The fourth-order valence-corrected chi connectivity index (χ4v) is 4.05. The molecule has 0 bridgehead atoms. The zero-order valence-corrected chi connectivity index (χ0v) is 18.5. The van der Waals surface area contributed by atoms with Crippen molar-refractivity contribution in [1.82, 2.24) is 5.43 Å². The maximum Gasteiger partial charge on any atom is 0.339 e. The maximum absolute atomic E-state index is 12.6. The van der Waals surface area contributed by atoms with Crippen LogP contribution >= 0.6 is 0 Å². The van der Waals surface area contributed by atoms with Crippen LogP contribution < -0.4 is 14.3 Å². The van der Waals surface area contributed by atoms with E-state index in [0.717, 1.165) is 10.8 Å². The fraction of sp³-hybridized carbons (Fsp3) is 0.0400. The number of ether oxygens (including phenoxy) is 1. The fourth-order valence-electron chi connectivity index (χ4n) is 3.08. The SMILES string of the molecule is COc1ccc(C(=O)N/N=C/c2ccc(OS(=O)(=O)c3ccc4ccccc4c3)cc2)cc1. The van der Waals surface area contributed by atoms with Crippen LogP contribution in [0.1, 0.15) is 15.9 Å². The molecule has 1 N–H and O–H groups in total. The largest absolute Gasteiger partial charge is 0.497 e. The third kappa shape index (κ3) is 5.36. The Balaban J connectivity index is 1.39. The van der Waals surface area contributed by atoms with Crippen LogP contribution in [0.25, 0.3) is 10.8 Å². The van der Waals surface area contributed by atoms with Crippen molar-refractivity contribution < 1.29 is 22.1 Å². The van der Waals surface area contributed by atoms with Gasteiger partial charge in [0.15, 0.2) is 0 Å². The Morgan fingerprint density at radius 3 is 2.21 bits per heavy atom. The van der Waals surface area contributed by atoms with E-state index >= 15 is 0 Å². The van der Waals surface area contributed by atoms with Crippen molar-refractivity contribution in [3.05, 3.63) is 102 Å². The topological polar surface area (TPSA) is 94.1 Å². The van der Waals surface area contributed by atoms with E-state index < -0.39 is 10.1 Å². The van der Waals surface area contributed by atoms with Crippen LogP contribution in [0.2, 0.25) is 0 Å². The van der Waals surface area contributed by atoms with Gasteiger partial charge in [0.05, 0.1) is 13.3 Å². The van der Waals surface area contributed by atoms with Gasteiger partial charge >= 0.3 is 10.1 Å². The lowest BCUT2D eigenvalue weighted by Crippen LogP contribution is -2.17. The molecule has 0 heterocycles. The molecule has 166 valence electrons. The average Bonchev–Trinajstić information content (AvgIpc) is 2.84. The normalized spacial score (nSPS) is 11.4. The number of fused-ring (bicyclic) bond motifs is 1. The third-order valence-electron chi connectivity index (χ3n) is 4.83. The lowest BCUT2D eigenvalue weighted by molar-refractivity contribution is 0.0955. The number of amides is 1. The first-order chi connectivity index (χ1) is 15.9. The van der Waals surface area contributed by atoms with Crippen molar-refractivity contribution in [2.75, 3.05) is 7.11 Å². The summed E-state index contributed by atoms with van der Waals surface area (Å²) in [6.07, 6.45) is 1.45. The van der Waals surface area contributed by atoms with Gasteiger partial charge in [0.1, 0.15) is 16.4 Å². The molecule has 0 aliphatic carbocycles. The Morgan fingerprint density at radius 2 is 1.52 bits per heavy atom. The molecule has 0 spiro atoms. The summed E-state index contributed by atoms with van der Waals surface area (Å²) in [6.45, 7) is 0. The van der Waals surface area contributed by atoms with Crippen LogP contribution in [-0.2, 0) is 10.1 Å². The zero-order chi connectivity index (χ0) is 23.3. The van der Waals surface area contributed by atoms with Crippen molar-refractivity contribution in [3.63, 3.8) is 0 Å². The summed E-state index contributed by atoms with van der Waals surface area (Å²) in [5, 5.41) is 5.68. The summed E-state index contributed by atoms with van der Waals surface area (Å²) in [7, 11) is -2.43. The minimum Gasteiger partial charge on any atom is -0.497 e. The molecule has 4 rings (SSSR count). The third-order valence-corrected chi connectivity index (χ3v) is 6.07. The molecule has 0 saturated heterocycles. The van der Waals surface area contributed by atoms with Gasteiger partial charge in [-0.2, -0.15) is 13.5 Å². The number of carbonyl (C=O) groups is 1. The molecule has 4 aromatic carbocycles. The summed E-state index contributed by atoms with van der Waals surface area (Å²) < 4.78 is 35.6. The first kappa shape index (κ1) is 22.0. The summed E-state index contributed by atoms with van der Waals surface area (Å²) in [5.74, 6) is 0.456. The molecule has 0 unspecified atom stereocenters. The highest BCUT2D eigenvalue weighted by Gasteiger charge is 2.17. The van der Waals surface area contributed by atoms with Crippen LogP contribution in [0.15, 0.2) is 101 Å². The second-order valence-corrected chi connectivity index (χ2v) is 8.59. The van der Waals surface area contributed by atoms with Gasteiger partial charge in [-0.15, -0.1) is 0 Å². The van der Waals surface area contributed by atoms with Crippen LogP contribution in [-0.4, -0.2) is 27.6 Å². The van der Waals surface area contributed by atoms with Crippen molar-refractivity contribution in [3.8, 4) is 11.5 Å². The molecule has 0 fully saturated rings. The van der Waals surface area contributed by atoms with Crippen molar-refractivity contribution in [1.29, 1.82) is 0 Å². The van der Waals surface area contributed by atoms with Gasteiger partial charge in [0, 0.05) is 5.56 Å². The smallest absolute Gasteiger partial charge is 0.339 e. The van der Waals surface area contributed by atoms with Crippen molar-refractivity contribution >= 4 is 33.0 Å². The Labute approximate surface area is 191 Å². The Morgan fingerprint density at radius 1 is 0.848 bits per heavy atom. The first-order valence-corrected chi connectivity index (χ1v) is 11.4. The number of nitrogens with one attached hydrogen (secondary N) is 1. The van der Waals surface area contributed by atoms with E-state index in [2.05, 4.69) is 10.5 Å². The van der Waals surface area contributed by atoms with Gasteiger partial charge < -0.3 is 8.92 Å². The Bertz CT molecular complexity index is 1410. The van der Waals surface area contributed by atoms with E-state index in [9.17, 15) is 13.2 Å². The van der Waals surface area contributed by atoms with Crippen molar-refractivity contribution in [2.45, 2.75) is 4.90 Å². The number of carbonyl (C=O) groups excluding carboxylic acids is 1. The molecular formula is C25H20N2O5S. The summed E-state index contributed by atoms with van der Waals surface area (Å²) in [6, 6.07) is 25.3. The number of nitrogens with zero attached hydrogens (tertiary/aromatic N) is 1. The average molecular weight is 461 g/mol. The Kier molecular flexibility index (Phi) is 6.37. The standard InChI is InChI=1S/C25H20N2O5S/c1-31-22-13-8-20(9-14-22)25(28)27-26-17-18-6-11-23(12-7-18)32-33(29,30)24-15-10-19-4-2-3-5-21(19)16-24/h2-17H,1H3,(H,27,28)/b26-17+. The highest BCUT2D eigenvalue weighted by molar-refractivity contribution is 7.87. The number of methoxy groups -OCH3 is 1. The van der Waals surface area contributed by atoms with Gasteiger partial charge in [0.2, 0.25) is 0 Å². The molecule has 0 aromatic heterocycles. The monoisotopic (exact) mass is 460 g/mol. The second-order valence-electron chi connectivity index (χ2n) is 7.04. The second kappa shape index (κ2) is 9.54. The molecule has 0 aliphatic heterocycles. The predicted molar refractivity (Wildman–Crippen MR) is 126 cm³/mol. The summed E-state index contributed by atoms with van der Waals surface area (Å²) in [5.41, 5.74) is 3.53. The molecule has 0 atom stereocenters. The number of hydrogen-bond donors (Lipinski definition) is 1. The number of hydrogen-bond acceptors (Lipinski definition) is 6.